The molecule has 0 bridgehead atoms. The molecule has 100 valence electrons. The monoisotopic (exact) mass is 251 g/mol. The first-order chi connectivity index (χ1) is 8.64. The van der Waals surface area contributed by atoms with Gasteiger partial charge in [0.2, 0.25) is 0 Å². The zero-order valence-electron chi connectivity index (χ0n) is 11.3. The summed E-state index contributed by atoms with van der Waals surface area (Å²) in [5.41, 5.74) is 7.14. The minimum atomic E-state index is -0.344. The largest absolute Gasteiger partial charge is 0.496 e. The van der Waals surface area contributed by atoms with Gasteiger partial charge in [-0.2, -0.15) is 0 Å². The Morgan fingerprint density at radius 1 is 0.944 bits per heavy atom. The fourth-order valence-electron chi connectivity index (χ4n) is 2.75. The Kier molecular flexibility index (Phi) is 3.66. The molecule has 4 nitrogen and oxygen atoms in total. The zero-order chi connectivity index (χ0) is 13.2. The highest BCUT2D eigenvalue weighted by Gasteiger charge is 2.37. The van der Waals surface area contributed by atoms with Gasteiger partial charge in [-0.1, -0.05) is 12.8 Å². The van der Waals surface area contributed by atoms with E-state index in [-0.39, 0.29) is 5.54 Å². The summed E-state index contributed by atoms with van der Waals surface area (Å²) < 4.78 is 16.2. The van der Waals surface area contributed by atoms with E-state index >= 15 is 0 Å². The molecule has 0 radical (unpaired) electrons. The standard InChI is InChI=1S/C14H21NO3/c1-16-10-8-11(17-2)13(12(9-10)18-3)14(15)6-4-5-7-14/h8-9H,4-7,15H2,1-3H3. The lowest BCUT2D eigenvalue weighted by Gasteiger charge is -2.28. The van der Waals surface area contributed by atoms with Crippen LogP contribution in [0.25, 0.3) is 0 Å². The molecule has 0 aliphatic heterocycles. The molecule has 0 unspecified atom stereocenters. The van der Waals surface area contributed by atoms with Crippen LogP contribution in [0.1, 0.15) is 31.2 Å². The highest BCUT2D eigenvalue weighted by Crippen LogP contribution is 2.46. The van der Waals surface area contributed by atoms with Crippen molar-refractivity contribution >= 4 is 0 Å². The van der Waals surface area contributed by atoms with Crippen LogP contribution in [0.15, 0.2) is 12.1 Å². The first kappa shape index (κ1) is 13.0. The Balaban J connectivity index is 2.56. The molecule has 1 fully saturated rings. The molecule has 0 atom stereocenters. The van der Waals surface area contributed by atoms with Gasteiger partial charge in [0.05, 0.1) is 26.9 Å². The van der Waals surface area contributed by atoms with Crippen LogP contribution in [0.3, 0.4) is 0 Å². The van der Waals surface area contributed by atoms with Crippen LogP contribution in [0.4, 0.5) is 0 Å². The molecule has 1 saturated carbocycles. The highest BCUT2D eigenvalue weighted by atomic mass is 16.5. The van der Waals surface area contributed by atoms with Crippen LogP contribution in [0.2, 0.25) is 0 Å². The summed E-state index contributed by atoms with van der Waals surface area (Å²) in [7, 11) is 4.92. The van der Waals surface area contributed by atoms with Crippen molar-refractivity contribution in [2.45, 2.75) is 31.2 Å². The van der Waals surface area contributed by atoms with Crippen molar-refractivity contribution in [1.29, 1.82) is 0 Å². The molecule has 0 saturated heterocycles. The van der Waals surface area contributed by atoms with Crippen LogP contribution in [0.5, 0.6) is 17.2 Å². The second-order valence-electron chi connectivity index (χ2n) is 4.77. The average Bonchev–Trinajstić information content (AvgIpc) is 2.84. The predicted octanol–water partition coefficient (Wildman–Crippen LogP) is 2.44. The first-order valence-electron chi connectivity index (χ1n) is 6.24. The number of rotatable bonds is 4. The summed E-state index contributed by atoms with van der Waals surface area (Å²) in [6.45, 7) is 0. The van der Waals surface area contributed by atoms with Crippen molar-refractivity contribution in [3.8, 4) is 17.2 Å². The molecular weight excluding hydrogens is 230 g/mol. The molecule has 1 aromatic carbocycles. The van der Waals surface area contributed by atoms with Crippen molar-refractivity contribution in [2.24, 2.45) is 5.73 Å². The third kappa shape index (κ3) is 2.12. The molecule has 0 heterocycles. The number of hydrogen-bond donors (Lipinski definition) is 1. The maximum absolute atomic E-state index is 6.52. The van der Waals surface area contributed by atoms with Crippen LogP contribution < -0.4 is 19.9 Å². The van der Waals surface area contributed by atoms with E-state index in [1.165, 1.54) is 0 Å². The second-order valence-corrected chi connectivity index (χ2v) is 4.77. The van der Waals surface area contributed by atoms with Gasteiger partial charge >= 0.3 is 0 Å². The van der Waals surface area contributed by atoms with E-state index < -0.39 is 0 Å². The van der Waals surface area contributed by atoms with Crippen molar-refractivity contribution in [2.75, 3.05) is 21.3 Å². The van der Waals surface area contributed by atoms with Crippen molar-refractivity contribution < 1.29 is 14.2 Å². The molecule has 0 spiro atoms. The minimum Gasteiger partial charge on any atom is -0.496 e. The van der Waals surface area contributed by atoms with E-state index in [0.29, 0.717) is 5.75 Å². The van der Waals surface area contributed by atoms with E-state index in [1.807, 2.05) is 12.1 Å². The molecule has 4 heteroatoms. The molecule has 1 aliphatic rings. The van der Waals surface area contributed by atoms with Gasteiger partial charge in [0, 0.05) is 17.7 Å². The Morgan fingerprint density at radius 2 is 1.44 bits per heavy atom. The number of methoxy groups -OCH3 is 3. The number of nitrogens with two attached hydrogens (primary N) is 1. The molecular formula is C14H21NO3. The third-order valence-electron chi connectivity index (χ3n) is 3.71. The second kappa shape index (κ2) is 5.06. The van der Waals surface area contributed by atoms with Gasteiger partial charge in [-0.05, 0) is 12.8 Å². The summed E-state index contributed by atoms with van der Waals surface area (Å²) in [4.78, 5) is 0. The molecule has 1 aromatic rings. The number of benzene rings is 1. The molecule has 0 amide bonds. The first-order valence-corrected chi connectivity index (χ1v) is 6.24. The molecule has 2 N–H and O–H groups in total. The van der Waals surface area contributed by atoms with Crippen LogP contribution >= 0.6 is 0 Å². The van der Waals surface area contributed by atoms with Gasteiger partial charge in [0.25, 0.3) is 0 Å². The van der Waals surface area contributed by atoms with Crippen molar-refractivity contribution in [3.05, 3.63) is 17.7 Å². The van der Waals surface area contributed by atoms with E-state index in [0.717, 1.165) is 42.7 Å². The van der Waals surface area contributed by atoms with Gasteiger partial charge in [0.15, 0.2) is 0 Å². The molecule has 1 aliphatic carbocycles. The normalized spacial score (nSPS) is 17.6. The lowest BCUT2D eigenvalue weighted by Crippen LogP contribution is -2.34. The molecule has 2 rings (SSSR count). The topological polar surface area (TPSA) is 53.7 Å². The highest BCUT2D eigenvalue weighted by molar-refractivity contribution is 5.54. The maximum atomic E-state index is 6.52. The fraction of sp³-hybridized carbons (Fsp3) is 0.571. The quantitative estimate of drug-likeness (QED) is 0.893. The fourth-order valence-corrected chi connectivity index (χ4v) is 2.75. The SMILES string of the molecule is COc1cc(OC)c(C2(N)CCCC2)c(OC)c1. The van der Waals surface area contributed by atoms with Crippen LogP contribution in [0, 0.1) is 0 Å². The Hall–Kier alpha value is -1.42. The summed E-state index contributed by atoms with van der Waals surface area (Å²) >= 11 is 0. The summed E-state index contributed by atoms with van der Waals surface area (Å²) in [6, 6.07) is 3.73. The number of ether oxygens (including phenoxy) is 3. The lowest BCUT2D eigenvalue weighted by molar-refractivity contribution is 0.339. The van der Waals surface area contributed by atoms with Crippen molar-refractivity contribution in [3.63, 3.8) is 0 Å². The maximum Gasteiger partial charge on any atom is 0.131 e. The van der Waals surface area contributed by atoms with Gasteiger partial charge in [-0.3, -0.25) is 0 Å². The Morgan fingerprint density at radius 3 is 1.83 bits per heavy atom. The van der Waals surface area contributed by atoms with Gasteiger partial charge in [0.1, 0.15) is 17.2 Å². The van der Waals surface area contributed by atoms with E-state index in [4.69, 9.17) is 19.9 Å². The third-order valence-corrected chi connectivity index (χ3v) is 3.71. The summed E-state index contributed by atoms with van der Waals surface area (Å²) in [5.74, 6) is 2.21. The van der Waals surface area contributed by atoms with Crippen LogP contribution in [-0.4, -0.2) is 21.3 Å². The number of hydrogen-bond acceptors (Lipinski definition) is 4. The van der Waals surface area contributed by atoms with E-state index in [1.54, 1.807) is 21.3 Å². The average molecular weight is 251 g/mol. The van der Waals surface area contributed by atoms with Gasteiger partial charge < -0.3 is 19.9 Å². The Labute approximate surface area is 108 Å². The minimum absolute atomic E-state index is 0.344. The van der Waals surface area contributed by atoms with Gasteiger partial charge in [-0.25, -0.2) is 0 Å². The predicted molar refractivity (Wildman–Crippen MR) is 70.4 cm³/mol. The van der Waals surface area contributed by atoms with Crippen molar-refractivity contribution in [1.82, 2.24) is 0 Å². The Bertz CT molecular complexity index is 400. The molecule has 18 heavy (non-hydrogen) atoms. The zero-order valence-corrected chi connectivity index (χ0v) is 11.3. The lowest BCUT2D eigenvalue weighted by atomic mass is 9.87. The van der Waals surface area contributed by atoms with E-state index in [2.05, 4.69) is 0 Å². The smallest absolute Gasteiger partial charge is 0.131 e. The molecule has 0 aromatic heterocycles. The van der Waals surface area contributed by atoms with Crippen LogP contribution in [-0.2, 0) is 5.54 Å². The summed E-state index contributed by atoms with van der Waals surface area (Å²) in [5, 5.41) is 0. The van der Waals surface area contributed by atoms with E-state index in [9.17, 15) is 0 Å². The summed E-state index contributed by atoms with van der Waals surface area (Å²) in [6.07, 6.45) is 4.22. The van der Waals surface area contributed by atoms with Gasteiger partial charge in [-0.15, -0.1) is 0 Å².